The lowest BCUT2D eigenvalue weighted by Gasteiger charge is -2.40. The molecule has 3 fully saturated rings. The highest BCUT2D eigenvalue weighted by molar-refractivity contribution is 4.84. The molecule has 0 heteroatoms. The van der Waals surface area contributed by atoms with Gasteiger partial charge in [-0.05, 0) is 85.9 Å². The summed E-state index contributed by atoms with van der Waals surface area (Å²) in [5.74, 6) is 8.21. The van der Waals surface area contributed by atoms with Crippen molar-refractivity contribution in [1.29, 1.82) is 0 Å². The topological polar surface area (TPSA) is 0 Å². The molecule has 0 aliphatic heterocycles. The maximum atomic E-state index is 2.55. The molecule has 0 aromatic heterocycles. The minimum absolute atomic E-state index is 0.952. The predicted molar refractivity (Wildman–Crippen MR) is 106 cm³/mol. The van der Waals surface area contributed by atoms with E-state index in [4.69, 9.17) is 0 Å². The van der Waals surface area contributed by atoms with Crippen LogP contribution in [0.2, 0.25) is 0 Å². The zero-order valence-corrected chi connectivity index (χ0v) is 17.1. The fraction of sp³-hybridized carbons (Fsp3) is 1.00. The van der Waals surface area contributed by atoms with Crippen molar-refractivity contribution in [3.63, 3.8) is 0 Å². The molecule has 0 bridgehead atoms. The van der Waals surface area contributed by atoms with Crippen molar-refractivity contribution in [3.05, 3.63) is 0 Å². The molecule has 0 N–H and O–H groups in total. The molecular formula is C24H44. The van der Waals surface area contributed by atoms with E-state index in [-0.39, 0.29) is 0 Å². The maximum absolute atomic E-state index is 2.55. The third-order valence-corrected chi connectivity index (χ3v) is 9.03. The highest BCUT2D eigenvalue weighted by Crippen LogP contribution is 2.44. The SMILES string of the molecule is CC1CCC(C2CCC(CCC3CCC(C)C(C)C3C)CC2)CC1. The third kappa shape index (κ3) is 4.59. The maximum Gasteiger partial charge on any atom is -0.0386 e. The largest absolute Gasteiger partial charge is 0.0625 e. The smallest absolute Gasteiger partial charge is 0.0386 e. The van der Waals surface area contributed by atoms with Crippen molar-refractivity contribution in [2.75, 3.05) is 0 Å². The molecule has 0 nitrogen and oxygen atoms in total. The van der Waals surface area contributed by atoms with Crippen LogP contribution in [0.15, 0.2) is 0 Å². The van der Waals surface area contributed by atoms with Gasteiger partial charge in [0.1, 0.15) is 0 Å². The average Bonchev–Trinajstić information content (AvgIpc) is 2.60. The van der Waals surface area contributed by atoms with E-state index in [0.29, 0.717) is 0 Å². The van der Waals surface area contributed by atoms with Crippen LogP contribution in [0.5, 0.6) is 0 Å². The van der Waals surface area contributed by atoms with Crippen LogP contribution in [0.4, 0.5) is 0 Å². The van der Waals surface area contributed by atoms with Gasteiger partial charge in [0.2, 0.25) is 0 Å². The van der Waals surface area contributed by atoms with Crippen molar-refractivity contribution < 1.29 is 0 Å². The van der Waals surface area contributed by atoms with Crippen LogP contribution in [0, 0.1) is 47.3 Å². The van der Waals surface area contributed by atoms with Gasteiger partial charge >= 0.3 is 0 Å². The second-order valence-electron chi connectivity index (χ2n) is 10.4. The summed E-state index contributed by atoms with van der Waals surface area (Å²) in [5, 5.41) is 0. The van der Waals surface area contributed by atoms with E-state index in [1.807, 2.05) is 0 Å². The van der Waals surface area contributed by atoms with Gasteiger partial charge in [-0.1, -0.05) is 66.2 Å². The van der Waals surface area contributed by atoms with Crippen LogP contribution in [-0.4, -0.2) is 0 Å². The molecule has 4 atom stereocenters. The van der Waals surface area contributed by atoms with Crippen LogP contribution in [0.3, 0.4) is 0 Å². The monoisotopic (exact) mass is 332 g/mol. The minimum atomic E-state index is 0.952. The number of hydrogen-bond acceptors (Lipinski definition) is 0. The minimum Gasteiger partial charge on any atom is -0.0625 e. The van der Waals surface area contributed by atoms with Gasteiger partial charge in [0, 0.05) is 0 Å². The summed E-state index contributed by atoms with van der Waals surface area (Å²) in [7, 11) is 0. The lowest BCUT2D eigenvalue weighted by molar-refractivity contribution is 0.104. The Morgan fingerprint density at radius 2 is 1.12 bits per heavy atom. The molecule has 24 heavy (non-hydrogen) atoms. The molecule has 3 aliphatic carbocycles. The van der Waals surface area contributed by atoms with Crippen LogP contribution in [-0.2, 0) is 0 Å². The van der Waals surface area contributed by atoms with Gasteiger partial charge in [0.05, 0.1) is 0 Å². The van der Waals surface area contributed by atoms with Crippen LogP contribution < -0.4 is 0 Å². The van der Waals surface area contributed by atoms with E-state index < -0.39 is 0 Å². The molecule has 0 heterocycles. The lowest BCUT2D eigenvalue weighted by Crippen LogP contribution is -2.30. The van der Waals surface area contributed by atoms with Crippen LogP contribution in [0.1, 0.15) is 105 Å². The Kier molecular flexibility index (Phi) is 6.72. The number of hydrogen-bond donors (Lipinski definition) is 0. The van der Waals surface area contributed by atoms with Crippen molar-refractivity contribution in [1.82, 2.24) is 0 Å². The first-order valence-corrected chi connectivity index (χ1v) is 11.5. The van der Waals surface area contributed by atoms with E-state index in [2.05, 4.69) is 27.7 Å². The quantitative estimate of drug-likeness (QED) is 0.494. The van der Waals surface area contributed by atoms with Crippen molar-refractivity contribution in [2.45, 2.75) is 105 Å². The molecule has 0 aromatic rings. The van der Waals surface area contributed by atoms with Gasteiger partial charge in [-0.25, -0.2) is 0 Å². The summed E-state index contributed by atoms with van der Waals surface area (Å²) in [6.07, 6.45) is 18.5. The summed E-state index contributed by atoms with van der Waals surface area (Å²) in [6, 6.07) is 0. The summed E-state index contributed by atoms with van der Waals surface area (Å²) in [5.41, 5.74) is 0. The van der Waals surface area contributed by atoms with E-state index in [1.54, 1.807) is 44.9 Å². The van der Waals surface area contributed by atoms with Gasteiger partial charge in [-0.3, -0.25) is 0 Å². The molecule has 0 saturated heterocycles. The molecule has 0 amide bonds. The number of rotatable bonds is 4. The lowest BCUT2D eigenvalue weighted by atomic mass is 9.65. The molecule has 3 saturated carbocycles. The van der Waals surface area contributed by atoms with E-state index >= 15 is 0 Å². The molecule has 4 unspecified atom stereocenters. The summed E-state index contributed by atoms with van der Waals surface area (Å²) in [6.45, 7) is 10.00. The molecule has 0 radical (unpaired) electrons. The van der Waals surface area contributed by atoms with E-state index in [0.717, 1.165) is 47.3 Å². The normalized spacial score (nSPS) is 47.5. The Balaban J connectivity index is 1.37. The Hall–Kier alpha value is 0. The van der Waals surface area contributed by atoms with Gasteiger partial charge in [0.15, 0.2) is 0 Å². The van der Waals surface area contributed by atoms with Gasteiger partial charge < -0.3 is 0 Å². The molecule has 140 valence electrons. The predicted octanol–water partition coefficient (Wildman–Crippen LogP) is 7.72. The summed E-state index contributed by atoms with van der Waals surface area (Å²) >= 11 is 0. The molecule has 3 rings (SSSR count). The molecule has 3 aliphatic rings. The second-order valence-corrected chi connectivity index (χ2v) is 10.4. The Bertz CT molecular complexity index is 356. The zero-order valence-electron chi connectivity index (χ0n) is 17.1. The van der Waals surface area contributed by atoms with E-state index in [1.165, 1.54) is 32.1 Å². The molecular weight excluding hydrogens is 288 g/mol. The zero-order chi connectivity index (χ0) is 17.1. The van der Waals surface area contributed by atoms with Gasteiger partial charge in [-0.15, -0.1) is 0 Å². The third-order valence-electron chi connectivity index (χ3n) is 9.03. The first kappa shape index (κ1) is 18.8. The van der Waals surface area contributed by atoms with E-state index in [9.17, 15) is 0 Å². The van der Waals surface area contributed by atoms with Crippen LogP contribution >= 0.6 is 0 Å². The average molecular weight is 333 g/mol. The Morgan fingerprint density at radius 3 is 1.75 bits per heavy atom. The standard InChI is InChI=1S/C24H44/c1-17-5-11-23(12-6-17)24-15-9-21(10-16-24)8-14-22-13-7-18(2)19(3)20(22)4/h17-24H,5-16H2,1-4H3. The second kappa shape index (κ2) is 8.59. The summed E-state index contributed by atoms with van der Waals surface area (Å²) < 4.78 is 0. The van der Waals surface area contributed by atoms with Crippen LogP contribution in [0.25, 0.3) is 0 Å². The van der Waals surface area contributed by atoms with Crippen molar-refractivity contribution >= 4 is 0 Å². The highest BCUT2D eigenvalue weighted by Gasteiger charge is 2.33. The fourth-order valence-corrected chi connectivity index (χ4v) is 6.51. The molecule has 0 spiro atoms. The van der Waals surface area contributed by atoms with Gasteiger partial charge in [0.25, 0.3) is 0 Å². The summed E-state index contributed by atoms with van der Waals surface area (Å²) in [4.78, 5) is 0. The first-order chi connectivity index (χ1) is 11.5. The Labute approximate surface area is 152 Å². The first-order valence-electron chi connectivity index (χ1n) is 11.5. The Morgan fingerprint density at radius 1 is 0.542 bits per heavy atom. The van der Waals surface area contributed by atoms with Crippen molar-refractivity contribution in [2.24, 2.45) is 47.3 Å². The highest BCUT2D eigenvalue weighted by atomic mass is 14.4. The molecule has 0 aromatic carbocycles. The van der Waals surface area contributed by atoms with Gasteiger partial charge in [-0.2, -0.15) is 0 Å². The van der Waals surface area contributed by atoms with Crippen molar-refractivity contribution in [3.8, 4) is 0 Å². The fourth-order valence-electron chi connectivity index (χ4n) is 6.51.